The number of rotatable bonds is 8. The fourth-order valence-corrected chi connectivity index (χ4v) is 3.31. The predicted molar refractivity (Wildman–Crippen MR) is 111 cm³/mol. The summed E-state index contributed by atoms with van der Waals surface area (Å²) >= 11 is 0. The number of hydrogen-bond donors (Lipinski definition) is 1. The summed E-state index contributed by atoms with van der Waals surface area (Å²) in [5.41, 5.74) is 3.23. The molecule has 0 radical (unpaired) electrons. The second kappa shape index (κ2) is 9.42. The Morgan fingerprint density at radius 3 is 2.59 bits per heavy atom. The van der Waals surface area contributed by atoms with E-state index in [1.54, 1.807) is 0 Å². The molecular formula is C22H29N3O2. The lowest BCUT2D eigenvalue weighted by molar-refractivity contribution is -0.117. The third-order valence-electron chi connectivity index (χ3n) is 4.85. The van der Waals surface area contributed by atoms with Crippen LogP contribution >= 0.6 is 0 Å². The molecule has 0 unspecified atom stereocenters. The molecular weight excluding hydrogens is 338 g/mol. The Kier molecular flexibility index (Phi) is 6.71. The minimum Gasteiger partial charge on any atom is -0.492 e. The van der Waals surface area contributed by atoms with E-state index >= 15 is 0 Å². The van der Waals surface area contributed by atoms with Crippen LogP contribution in [0.1, 0.15) is 18.4 Å². The number of anilines is 2. The predicted octanol–water partition coefficient (Wildman–Crippen LogP) is 3.54. The van der Waals surface area contributed by atoms with Gasteiger partial charge in [0.1, 0.15) is 12.4 Å². The minimum atomic E-state index is -0.00534. The molecule has 1 fully saturated rings. The zero-order valence-corrected chi connectivity index (χ0v) is 16.3. The highest BCUT2D eigenvalue weighted by Crippen LogP contribution is 2.25. The molecule has 2 aromatic rings. The minimum absolute atomic E-state index is 0.00534. The molecule has 2 aromatic carbocycles. The monoisotopic (exact) mass is 367 g/mol. The highest BCUT2D eigenvalue weighted by molar-refractivity contribution is 5.93. The number of carbonyl (C=O) groups is 1. The van der Waals surface area contributed by atoms with Crippen LogP contribution in [0, 0.1) is 6.92 Å². The van der Waals surface area contributed by atoms with Gasteiger partial charge in [0.25, 0.3) is 0 Å². The number of carbonyl (C=O) groups excluding carboxylic acids is 1. The van der Waals surface area contributed by atoms with E-state index in [2.05, 4.69) is 22.3 Å². The van der Waals surface area contributed by atoms with Crippen LogP contribution in [0.15, 0.2) is 48.5 Å². The number of ether oxygens (including phenoxy) is 1. The molecule has 0 aromatic heterocycles. The molecule has 1 heterocycles. The van der Waals surface area contributed by atoms with Crippen molar-refractivity contribution in [2.75, 3.05) is 50.1 Å². The standard InChI is InChI=1S/C22H29N3O2/c1-18-16-19(25-12-6-7-13-25)10-11-21(18)23-22(26)17-24(2)14-15-27-20-8-4-3-5-9-20/h3-5,8-11,16H,6-7,12-15,17H2,1-2H3,(H,23,26). The number of likely N-dealkylation sites (N-methyl/N-ethyl adjacent to an activating group) is 1. The zero-order valence-electron chi connectivity index (χ0n) is 16.3. The van der Waals surface area contributed by atoms with Crippen molar-refractivity contribution in [1.82, 2.24) is 4.90 Å². The smallest absolute Gasteiger partial charge is 0.238 e. The SMILES string of the molecule is Cc1cc(N2CCCC2)ccc1NC(=O)CN(C)CCOc1ccccc1. The molecule has 1 aliphatic rings. The summed E-state index contributed by atoms with van der Waals surface area (Å²) in [6.45, 7) is 5.88. The van der Waals surface area contributed by atoms with Crippen LogP contribution in [0.3, 0.4) is 0 Å². The number of aryl methyl sites for hydroxylation is 1. The maximum atomic E-state index is 12.3. The summed E-state index contributed by atoms with van der Waals surface area (Å²) in [6.07, 6.45) is 2.52. The van der Waals surface area contributed by atoms with Gasteiger partial charge in [0.15, 0.2) is 0 Å². The lowest BCUT2D eigenvalue weighted by atomic mass is 10.1. The molecule has 1 N–H and O–H groups in total. The van der Waals surface area contributed by atoms with Gasteiger partial charge in [0.2, 0.25) is 5.91 Å². The van der Waals surface area contributed by atoms with Crippen molar-refractivity contribution in [3.8, 4) is 5.75 Å². The Labute approximate surface area is 161 Å². The van der Waals surface area contributed by atoms with Crippen molar-refractivity contribution < 1.29 is 9.53 Å². The summed E-state index contributed by atoms with van der Waals surface area (Å²) in [6, 6.07) is 16.0. The molecule has 144 valence electrons. The fourth-order valence-electron chi connectivity index (χ4n) is 3.31. The Hall–Kier alpha value is -2.53. The van der Waals surface area contributed by atoms with Crippen molar-refractivity contribution in [1.29, 1.82) is 0 Å². The number of hydrogen-bond acceptors (Lipinski definition) is 4. The molecule has 5 nitrogen and oxygen atoms in total. The Morgan fingerprint density at radius 2 is 1.89 bits per heavy atom. The van der Waals surface area contributed by atoms with Gasteiger partial charge in [-0.05, 0) is 62.7 Å². The molecule has 0 spiro atoms. The molecule has 0 aliphatic carbocycles. The third-order valence-corrected chi connectivity index (χ3v) is 4.85. The molecule has 1 amide bonds. The molecule has 1 aliphatic heterocycles. The van der Waals surface area contributed by atoms with Crippen molar-refractivity contribution in [2.45, 2.75) is 19.8 Å². The number of amides is 1. The van der Waals surface area contributed by atoms with Crippen LogP contribution in [-0.2, 0) is 4.79 Å². The van der Waals surface area contributed by atoms with Gasteiger partial charge in [0, 0.05) is 31.0 Å². The first-order valence-corrected chi connectivity index (χ1v) is 9.63. The van der Waals surface area contributed by atoms with E-state index < -0.39 is 0 Å². The summed E-state index contributed by atoms with van der Waals surface area (Å²) in [4.78, 5) is 16.7. The largest absolute Gasteiger partial charge is 0.492 e. The van der Waals surface area contributed by atoms with E-state index in [4.69, 9.17) is 4.74 Å². The van der Waals surface area contributed by atoms with Crippen molar-refractivity contribution >= 4 is 17.3 Å². The van der Waals surface area contributed by atoms with Gasteiger partial charge in [-0.2, -0.15) is 0 Å². The number of nitrogens with one attached hydrogen (secondary N) is 1. The average molecular weight is 367 g/mol. The van der Waals surface area contributed by atoms with Crippen LogP contribution in [-0.4, -0.2) is 50.6 Å². The second-order valence-corrected chi connectivity index (χ2v) is 7.14. The molecule has 0 bridgehead atoms. The van der Waals surface area contributed by atoms with Gasteiger partial charge in [-0.15, -0.1) is 0 Å². The third kappa shape index (κ3) is 5.73. The van der Waals surface area contributed by atoms with Crippen LogP contribution in [0.2, 0.25) is 0 Å². The summed E-state index contributed by atoms with van der Waals surface area (Å²) in [5, 5.41) is 3.03. The quantitative estimate of drug-likeness (QED) is 0.775. The van der Waals surface area contributed by atoms with E-state index in [0.717, 1.165) is 30.1 Å². The summed E-state index contributed by atoms with van der Waals surface area (Å²) in [5.74, 6) is 0.846. The van der Waals surface area contributed by atoms with Gasteiger partial charge in [-0.1, -0.05) is 18.2 Å². The van der Waals surface area contributed by atoms with Crippen LogP contribution < -0.4 is 15.0 Å². The van der Waals surface area contributed by atoms with Gasteiger partial charge in [0.05, 0.1) is 6.54 Å². The molecule has 0 saturated carbocycles. The van der Waals surface area contributed by atoms with Crippen molar-refractivity contribution in [2.24, 2.45) is 0 Å². The van der Waals surface area contributed by atoms with Gasteiger partial charge in [-0.25, -0.2) is 0 Å². The highest BCUT2D eigenvalue weighted by Gasteiger charge is 2.14. The van der Waals surface area contributed by atoms with Crippen LogP contribution in [0.25, 0.3) is 0 Å². The molecule has 5 heteroatoms. The topological polar surface area (TPSA) is 44.8 Å². The van der Waals surface area contributed by atoms with E-state index in [0.29, 0.717) is 19.7 Å². The van der Waals surface area contributed by atoms with Gasteiger partial charge >= 0.3 is 0 Å². The van der Waals surface area contributed by atoms with E-state index in [1.165, 1.54) is 18.5 Å². The molecule has 3 rings (SSSR count). The lowest BCUT2D eigenvalue weighted by Crippen LogP contribution is -2.33. The summed E-state index contributed by atoms with van der Waals surface area (Å²) < 4.78 is 5.68. The van der Waals surface area contributed by atoms with Gasteiger partial charge < -0.3 is 15.0 Å². The lowest BCUT2D eigenvalue weighted by Gasteiger charge is -2.20. The maximum Gasteiger partial charge on any atom is 0.238 e. The zero-order chi connectivity index (χ0) is 19.1. The molecule has 1 saturated heterocycles. The number of nitrogens with zero attached hydrogens (tertiary/aromatic N) is 2. The first-order valence-electron chi connectivity index (χ1n) is 9.63. The van der Waals surface area contributed by atoms with Gasteiger partial charge in [-0.3, -0.25) is 9.69 Å². The van der Waals surface area contributed by atoms with Crippen LogP contribution in [0.4, 0.5) is 11.4 Å². The molecule has 0 atom stereocenters. The van der Waals surface area contributed by atoms with Crippen LogP contribution in [0.5, 0.6) is 5.75 Å². The summed E-state index contributed by atoms with van der Waals surface area (Å²) in [7, 11) is 1.93. The van der Waals surface area contributed by atoms with E-state index in [1.807, 2.05) is 55.3 Å². The second-order valence-electron chi connectivity index (χ2n) is 7.14. The Morgan fingerprint density at radius 1 is 1.15 bits per heavy atom. The first kappa shape index (κ1) is 19.2. The number of para-hydroxylation sites is 1. The Bertz CT molecular complexity index is 742. The maximum absolute atomic E-state index is 12.3. The Balaban J connectivity index is 1.44. The molecule has 27 heavy (non-hydrogen) atoms. The average Bonchev–Trinajstić information content (AvgIpc) is 3.19. The van der Waals surface area contributed by atoms with Crippen molar-refractivity contribution in [3.63, 3.8) is 0 Å². The fraction of sp³-hybridized carbons (Fsp3) is 0.409. The van der Waals surface area contributed by atoms with Crippen molar-refractivity contribution in [3.05, 3.63) is 54.1 Å². The van der Waals surface area contributed by atoms with E-state index in [9.17, 15) is 4.79 Å². The normalized spacial score (nSPS) is 13.8. The van der Waals surface area contributed by atoms with E-state index in [-0.39, 0.29) is 5.91 Å². The number of benzene rings is 2. The highest BCUT2D eigenvalue weighted by atomic mass is 16.5. The first-order chi connectivity index (χ1) is 13.1.